The number of hydrogen-bond acceptors (Lipinski definition) is 5. The molecule has 0 radical (unpaired) electrons. The third-order valence-electron chi connectivity index (χ3n) is 4.83. The Hall–Kier alpha value is -0.940. The first-order valence-corrected chi connectivity index (χ1v) is 8.53. The molecular weight excluding hydrogens is 266 g/mol. The summed E-state index contributed by atoms with van der Waals surface area (Å²) < 4.78 is 11.3. The van der Waals surface area contributed by atoms with Gasteiger partial charge in [-0.3, -0.25) is 0 Å². The molecule has 1 N–H and O–H groups in total. The minimum atomic E-state index is -0.0267. The lowest BCUT2D eigenvalue weighted by Gasteiger charge is -2.24. The fraction of sp³-hybridized carbons (Fsp3) is 0.875. The maximum absolute atomic E-state index is 5.73. The van der Waals surface area contributed by atoms with Gasteiger partial charge in [0.15, 0.2) is 0 Å². The van der Waals surface area contributed by atoms with Crippen molar-refractivity contribution in [3.63, 3.8) is 0 Å². The molecule has 5 heteroatoms. The van der Waals surface area contributed by atoms with Crippen LogP contribution in [0.15, 0.2) is 4.52 Å². The zero-order valence-corrected chi connectivity index (χ0v) is 13.2. The van der Waals surface area contributed by atoms with Crippen molar-refractivity contribution >= 4 is 0 Å². The summed E-state index contributed by atoms with van der Waals surface area (Å²) in [5.41, 5.74) is 0. The third kappa shape index (κ3) is 3.29. The molecule has 1 aliphatic heterocycles. The zero-order chi connectivity index (χ0) is 14.7. The highest BCUT2D eigenvalue weighted by Crippen LogP contribution is 2.38. The number of nitrogens with zero attached hydrogens (tertiary/aromatic N) is 2. The molecule has 1 saturated carbocycles. The van der Waals surface area contributed by atoms with Crippen molar-refractivity contribution in [1.82, 2.24) is 15.5 Å². The van der Waals surface area contributed by atoms with Gasteiger partial charge in [-0.15, -0.1) is 0 Å². The molecule has 4 atom stereocenters. The maximum atomic E-state index is 5.73. The molecular formula is C16H27N3O2. The second-order valence-corrected chi connectivity index (χ2v) is 6.33. The molecule has 0 aromatic carbocycles. The molecule has 0 spiro atoms. The average Bonchev–Trinajstić information content (AvgIpc) is 3.13. The van der Waals surface area contributed by atoms with Gasteiger partial charge >= 0.3 is 0 Å². The predicted octanol–water partition coefficient (Wildman–Crippen LogP) is 3.54. The van der Waals surface area contributed by atoms with Crippen LogP contribution >= 0.6 is 0 Å². The number of ether oxygens (including phenoxy) is 1. The standard InChI is InChI=1S/C16H27N3O2/c1-3-7-14(20-4-2)15-18-16(21-19-15)13-10-11-8-5-6-9-12(11)17-13/h11-14,17H,3-10H2,1-2H3. The van der Waals surface area contributed by atoms with Crippen LogP contribution in [0.2, 0.25) is 0 Å². The molecule has 4 unspecified atom stereocenters. The first-order valence-electron chi connectivity index (χ1n) is 8.53. The summed E-state index contributed by atoms with van der Waals surface area (Å²) in [7, 11) is 0. The van der Waals surface area contributed by atoms with Gasteiger partial charge in [0, 0.05) is 12.6 Å². The Morgan fingerprint density at radius 1 is 1.33 bits per heavy atom. The number of nitrogens with one attached hydrogen (secondary N) is 1. The highest BCUT2D eigenvalue weighted by Gasteiger charge is 2.38. The third-order valence-corrected chi connectivity index (χ3v) is 4.83. The Bertz CT molecular complexity index is 428. The van der Waals surface area contributed by atoms with Crippen LogP contribution in [0.4, 0.5) is 0 Å². The van der Waals surface area contributed by atoms with Crippen molar-refractivity contribution in [2.45, 2.75) is 77.0 Å². The molecule has 3 rings (SSSR count). The maximum Gasteiger partial charge on any atom is 0.243 e. The normalized spacial score (nSPS) is 30.3. The van der Waals surface area contributed by atoms with Gasteiger partial charge < -0.3 is 14.6 Å². The van der Waals surface area contributed by atoms with Crippen molar-refractivity contribution in [3.8, 4) is 0 Å². The Kier molecular flexibility index (Phi) is 4.91. The molecule has 0 bridgehead atoms. The Labute approximate surface area is 126 Å². The number of fused-ring (bicyclic) bond motifs is 1. The quantitative estimate of drug-likeness (QED) is 0.869. The largest absolute Gasteiger partial charge is 0.370 e. The van der Waals surface area contributed by atoms with Crippen LogP contribution in [-0.2, 0) is 4.74 Å². The summed E-state index contributed by atoms with van der Waals surface area (Å²) >= 11 is 0. The van der Waals surface area contributed by atoms with E-state index < -0.39 is 0 Å². The molecule has 2 aliphatic rings. The fourth-order valence-electron chi connectivity index (χ4n) is 3.78. The van der Waals surface area contributed by atoms with E-state index in [1.54, 1.807) is 0 Å². The van der Waals surface area contributed by atoms with Crippen LogP contribution in [0.5, 0.6) is 0 Å². The van der Waals surface area contributed by atoms with Crippen LogP contribution in [0.1, 0.15) is 82.7 Å². The summed E-state index contributed by atoms with van der Waals surface area (Å²) in [5, 5.41) is 7.85. The zero-order valence-electron chi connectivity index (χ0n) is 13.2. The van der Waals surface area contributed by atoms with E-state index in [2.05, 4.69) is 22.4 Å². The molecule has 1 saturated heterocycles. The minimum absolute atomic E-state index is 0.0267. The smallest absolute Gasteiger partial charge is 0.243 e. The van der Waals surface area contributed by atoms with E-state index in [0.29, 0.717) is 18.5 Å². The molecule has 118 valence electrons. The Morgan fingerprint density at radius 2 is 2.19 bits per heavy atom. The summed E-state index contributed by atoms with van der Waals surface area (Å²) in [6.07, 6.45) is 8.45. The van der Waals surface area contributed by atoms with Gasteiger partial charge in [0.25, 0.3) is 0 Å². The van der Waals surface area contributed by atoms with Crippen LogP contribution in [0.3, 0.4) is 0 Å². The molecule has 1 aromatic heterocycles. The topological polar surface area (TPSA) is 60.2 Å². The van der Waals surface area contributed by atoms with Gasteiger partial charge in [-0.1, -0.05) is 31.3 Å². The monoisotopic (exact) mass is 293 g/mol. The molecule has 1 aromatic rings. The second kappa shape index (κ2) is 6.88. The van der Waals surface area contributed by atoms with E-state index >= 15 is 0 Å². The lowest BCUT2D eigenvalue weighted by atomic mass is 9.85. The first-order chi connectivity index (χ1) is 10.3. The van der Waals surface area contributed by atoms with Gasteiger partial charge in [-0.25, -0.2) is 0 Å². The molecule has 0 amide bonds. The number of hydrogen-bond donors (Lipinski definition) is 1. The van der Waals surface area contributed by atoms with Crippen molar-refractivity contribution in [1.29, 1.82) is 0 Å². The van der Waals surface area contributed by atoms with Crippen molar-refractivity contribution in [2.75, 3.05) is 6.61 Å². The van der Waals surface area contributed by atoms with Crippen LogP contribution in [0.25, 0.3) is 0 Å². The SMILES string of the molecule is CCCC(OCC)c1noc(C2CC3CCCCC3N2)n1. The van der Waals surface area contributed by atoms with E-state index in [1.165, 1.54) is 25.7 Å². The number of rotatable bonds is 6. The molecule has 5 nitrogen and oxygen atoms in total. The van der Waals surface area contributed by atoms with Gasteiger partial charge in [0.2, 0.25) is 11.7 Å². The van der Waals surface area contributed by atoms with Crippen LogP contribution in [0, 0.1) is 5.92 Å². The summed E-state index contributed by atoms with van der Waals surface area (Å²) in [6.45, 7) is 4.84. The van der Waals surface area contributed by atoms with Gasteiger partial charge in [0.1, 0.15) is 6.10 Å². The minimum Gasteiger partial charge on any atom is -0.370 e. The fourth-order valence-corrected chi connectivity index (χ4v) is 3.78. The average molecular weight is 293 g/mol. The van der Waals surface area contributed by atoms with E-state index in [4.69, 9.17) is 9.26 Å². The summed E-state index contributed by atoms with van der Waals surface area (Å²) in [6, 6.07) is 0.890. The van der Waals surface area contributed by atoms with Crippen LogP contribution in [-0.4, -0.2) is 22.8 Å². The van der Waals surface area contributed by atoms with Gasteiger partial charge in [-0.2, -0.15) is 4.98 Å². The molecule has 2 fully saturated rings. The highest BCUT2D eigenvalue weighted by molar-refractivity contribution is 5.03. The molecule has 21 heavy (non-hydrogen) atoms. The second-order valence-electron chi connectivity index (χ2n) is 6.33. The predicted molar refractivity (Wildman–Crippen MR) is 79.8 cm³/mol. The Morgan fingerprint density at radius 3 is 2.95 bits per heavy atom. The van der Waals surface area contributed by atoms with Gasteiger partial charge in [-0.05, 0) is 38.5 Å². The lowest BCUT2D eigenvalue weighted by molar-refractivity contribution is 0.0477. The summed E-state index contributed by atoms with van der Waals surface area (Å²) in [5.74, 6) is 2.25. The van der Waals surface area contributed by atoms with E-state index in [-0.39, 0.29) is 12.1 Å². The van der Waals surface area contributed by atoms with E-state index in [1.807, 2.05) is 6.92 Å². The van der Waals surface area contributed by atoms with E-state index in [9.17, 15) is 0 Å². The first kappa shape index (κ1) is 15.0. The van der Waals surface area contributed by atoms with Crippen molar-refractivity contribution in [2.24, 2.45) is 5.92 Å². The van der Waals surface area contributed by atoms with E-state index in [0.717, 1.165) is 31.1 Å². The van der Waals surface area contributed by atoms with Crippen LogP contribution < -0.4 is 5.32 Å². The van der Waals surface area contributed by atoms with Crippen molar-refractivity contribution in [3.05, 3.63) is 11.7 Å². The van der Waals surface area contributed by atoms with Crippen molar-refractivity contribution < 1.29 is 9.26 Å². The van der Waals surface area contributed by atoms with Gasteiger partial charge in [0.05, 0.1) is 6.04 Å². The lowest BCUT2D eigenvalue weighted by Crippen LogP contribution is -2.30. The molecule has 1 aliphatic carbocycles. The molecule has 2 heterocycles. The Balaban J connectivity index is 1.67. The summed E-state index contributed by atoms with van der Waals surface area (Å²) in [4.78, 5) is 4.62. The highest BCUT2D eigenvalue weighted by atomic mass is 16.5. The number of aromatic nitrogens is 2.